The summed E-state index contributed by atoms with van der Waals surface area (Å²) in [6.45, 7) is 0. The molecule has 14 rings (SSSR count). The van der Waals surface area contributed by atoms with E-state index in [1.54, 1.807) is 0 Å². The van der Waals surface area contributed by atoms with E-state index in [1.807, 2.05) is 0 Å². The fourth-order valence-corrected chi connectivity index (χ4v) is 11.7. The van der Waals surface area contributed by atoms with Crippen LogP contribution in [0, 0.1) is 0 Å². The number of allylic oxidation sites excluding steroid dienone is 1. The molecule has 0 saturated heterocycles. The van der Waals surface area contributed by atoms with Crippen molar-refractivity contribution < 1.29 is 0 Å². The van der Waals surface area contributed by atoms with Gasteiger partial charge in [-0.3, -0.25) is 0 Å². The summed E-state index contributed by atoms with van der Waals surface area (Å²) in [4.78, 5) is 10.8. The first kappa shape index (κ1) is 36.1. The van der Waals surface area contributed by atoms with Gasteiger partial charge in [0.25, 0.3) is 0 Å². The molecule has 0 fully saturated rings. The number of fused-ring (bicyclic) bond motifs is 18. The van der Waals surface area contributed by atoms with E-state index in [1.165, 1.54) is 77.1 Å². The average Bonchev–Trinajstić information content (AvgIpc) is 3.91. The molecule has 0 saturated carbocycles. The highest BCUT2D eigenvalue weighted by Crippen LogP contribution is 2.66. The molecule has 1 spiro atoms. The molecule has 0 amide bonds. The van der Waals surface area contributed by atoms with Crippen LogP contribution < -0.4 is 0 Å². The van der Waals surface area contributed by atoms with Crippen molar-refractivity contribution in [1.82, 2.24) is 4.57 Å². The van der Waals surface area contributed by atoms with Gasteiger partial charge in [-0.25, -0.2) is 9.98 Å². The van der Waals surface area contributed by atoms with Gasteiger partial charge in [0.1, 0.15) is 0 Å². The highest BCUT2D eigenvalue weighted by Gasteiger charge is 2.53. The van der Waals surface area contributed by atoms with Crippen molar-refractivity contribution in [3.8, 4) is 27.9 Å². The van der Waals surface area contributed by atoms with Crippen LogP contribution >= 0.6 is 0 Å². The third-order valence-electron chi connectivity index (χ3n) is 14.3. The Labute approximate surface area is 376 Å². The zero-order valence-electron chi connectivity index (χ0n) is 35.4. The van der Waals surface area contributed by atoms with Crippen molar-refractivity contribution in [3.63, 3.8) is 0 Å². The molecule has 1 aromatic heterocycles. The first-order valence-electron chi connectivity index (χ1n) is 22.6. The van der Waals surface area contributed by atoms with Crippen LogP contribution in [0.1, 0.15) is 45.4 Å². The van der Waals surface area contributed by atoms with Crippen LogP contribution in [-0.2, 0) is 5.41 Å². The number of nitrogens with zero attached hydrogens (tertiary/aromatic N) is 3. The predicted octanol–water partition coefficient (Wildman–Crippen LogP) is 15.1. The molecular weight excluding hydrogens is 787 g/mol. The summed E-state index contributed by atoms with van der Waals surface area (Å²) in [5.41, 5.74) is 18.6. The lowest BCUT2D eigenvalue weighted by atomic mass is 9.70. The van der Waals surface area contributed by atoms with Gasteiger partial charge in [-0.1, -0.05) is 206 Å². The highest BCUT2D eigenvalue weighted by atomic mass is 15.0. The van der Waals surface area contributed by atoms with Crippen molar-refractivity contribution in [2.24, 2.45) is 9.98 Å². The Morgan fingerprint density at radius 3 is 1.65 bits per heavy atom. The Bertz CT molecular complexity index is 3860. The quantitative estimate of drug-likeness (QED) is 0.169. The molecule has 0 N–H and O–H groups in total. The van der Waals surface area contributed by atoms with E-state index < -0.39 is 5.41 Å². The number of amidine groups is 1. The molecule has 2 heterocycles. The molecule has 0 radical (unpaired) electrons. The van der Waals surface area contributed by atoms with Gasteiger partial charge in [0.05, 0.1) is 33.5 Å². The van der Waals surface area contributed by atoms with Crippen molar-refractivity contribution in [2.45, 2.75) is 11.8 Å². The molecule has 3 aliphatic rings. The molecular formula is C62H39N3. The second-order valence-electron chi connectivity index (χ2n) is 17.5. The molecule has 2 aliphatic carbocycles. The lowest BCUT2D eigenvalue weighted by Gasteiger charge is -2.32. The van der Waals surface area contributed by atoms with Gasteiger partial charge in [-0.15, -0.1) is 0 Å². The van der Waals surface area contributed by atoms with Crippen molar-refractivity contribution in [3.05, 3.63) is 263 Å². The molecule has 65 heavy (non-hydrogen) atoms. The summed E-state index contributed by atoms with van der Waals surface area (Å²) in [7, 11) is 0. The number of aliphatic imine (C=N–C) groups is 2. The minimum absolute atomic E-state index is 0.554. The molecule has 3 heteroatoms. The number of para-hydroxylation sites is 1. The average molecular weight is 826 g/mol. The number of hydrogen-bond donors (Lipinski definition) is 0. The van der Waals surface area contributed by atoms with Gasteiger partial charge in [0.15, 0.2) is 5.84 Å². The largest absolute Gasteiger partial charge is 0.308 e. The summed E-state index contributed by atoms with van der Waals surface area (Å²) in [6, 6.07) is 80.1. The van der Waals surface area contributed by atoms with E-state index in [-0.39, 0.29) is 0 Å². The zero-order chi connectivity index (χ0) is 42.6. The lowest BCUT2D eigenvalue weighted by Crippen LogP contribution is -2.26. The summed E-state index contributed by atoms with van der Waals surface area (Å²) in [5, 5.41) is 7.31. The Morgan fingerprint density at radius 2 is 0.938 bits per heavy atom. The zero-order valence-corrected chi connectivity index (χ0v) is 35.4. The highest BCUT2D eigenvalue weighted by molar-refractivity contribution is 6.28. The summed E-state index contributed by atoms with van der Waals surface area (Å²) < 4.78 is 2.60. The van der Waals surface area contributed by atoms with E-state index in [4.69, 9.17) is 9.98 Å². The third kappa shape index (κ3) is 4.95. The van der Waals surface area contributed by atoms with E-state index >= 15 is 0 Å². The normalized spacial score (nSPS) is 14.5. The van der Waals surface area contributed by atoms with Gasteiger partial charge in [-0.05, 0) is 84.4 Å². The summed E-state index contributed by atoms with van der Waals surface area (Å²) in [6.07, 6.45) is 2.90. The van der Waals surface area contributed by atoms with Crippen LogP contribution in [-0.4, -0.2) is 16.1 Å². The van der Waals surface area contributed by atoms with Crippen molar-refractivity contribution in [1.29, 1.82) is 0 Å². The van der Waals surface area contributed by atoms with Gasteiger partial charge in [0, 0.05) is 33.7 Å². The maximum atomic E-state index is 5.44. The number of hydrogen-bond acceptors (Lipinski definition) is 2. The molecule has 302 valence electrons. The van der Waals surface area contributed by atoms with Crippen molar-refractivity contribution in [2.75, 3.05) is 0 Å². The SMILES string of the molecule is C1=C(c2ccccc2)N=C(c2ccc(-n3c4ccccc4c4c5ccccc5c5c(c43)C3(c4ccccc4-c4ccccc43)c3ccccc3-5)c3ccccc23)N=C(c2ccccc2)C1. The van der Waals surface area contributed by atoms with E-state index in [9.17, 15) is 0 Å². The molecule has 3 nitrogen and oxygen atoms in total. The van der Waals surface area contributed by atoms with Crippen LogP contribution in [0.25, 0.3) is 77.0 Å². The minimum Gasteiger partial charge on any atom is -0.308 e. The van der Waals surface area contributed by atoms with E-state index in [0.29, 0.717) is 12.3 Å². The predicted molar refractivity (Wildman–Crippen MR) is 271 cm³/mol. The number of aromatic nitrogens is 1. The van der Waals surface area contributed by atoms with Crippen molar-refractivity contribution >= 4 is 60.6 Å². The second kappa shape index (κ2) is 13.8. The summed E-state index contributed by atoms with van der Waals surface area (Å²) in [5.74, 6) is 0.710. The fourth-order valence-electron chi connectivity index (χ4n) is 11.7. The molecule has 0 bridgehead atoms. The Kier molecular flexibility index (Phi) is 7.67. The third-order valence-corrected chi connectivity index (χ3v) is 14.3. The number of rotatable bonds is 4. The van der Waals surface area contributed by atoms with Crippen LogP contribution in [0.15, 0.2) is 234 Å². The van der Waals surface area contributed by atoms with Gasteiger partial charge in [0.2, 0.25) is 0 Å². The standard InChI is InChI=1S/C62H39N3/c1-3-19-39(20-4-1)53-36-37-54(40-21-5-2-6-22-40)64-61(63-53)47-35-38-56(44-26-8-7-23-41(44)47)65-55-34-18-14-30-49(55)58-46-28-10-9-27-45(46)57-48-29-13-17-33-52(48)62(59(57)60(58)65)50-31-15-11-24-42(50)43-25-12-16-32-51(43)62/h1-36,38H,37H2. The Balaban J connectivity index is 1.12. The first-order chi connectivity index (χ1) is 32.3. The molecule has 0 unspecified atom stereocenters. The van der Waals surface area contributed by atoms with Crippen LogP contribution in [0.4, 0.5) is 0 Å². The fraction of sp³-hybridized carbons (Fsp3) is 0.0323. The van der Waals surface area contributed by atoms with E-state index in [0.717, 1.165) is 44.6 Å². The molecule has 0 atom stereocenters. The number of benzene rings is 10. The van der Waals surface area contributed by atoms with Gasteiger partial charge in [-0.2, -0.15) is 0 Å². The molecule has 11 aromatic rings. The molecule has 10 aromatic carbocycles. The van der Waals surface area contributed by atoms with Crippen LogP contribution in [0.5, 0.6) is 0 Å². The lowest BCUT2D eigenvalue weighted by molar-refractivity contribution is 0.797. The van der Waals surface area contributed by atoms with E-state index in [2.05, 4.69) is 229 Å². The topological polar surface area (TPSA) is 29.6 Å². The second-order valence-corrected chi connectivity index (χ2v) is 17.5. The van der Waals surface area contributed by atoms with Gasteiger partial charge < -0.3 is 4.57 Å². The monoisotopic (exact) mass is 825 g/mol. The maximum Gasteiger partial charge on any atom is 0.160 e. The minimum atomic E-state index is -0.554. The maximum absolute atomic E-state index is 5.44. The van der Waals surface area contributed by atoms with Crippen LogP contribution in [0.3, 0.4) is 0 Å². The Morgan fingerprint density at radius 1 is 0.400 bits per heavy atom. The molecule has 1 aliphatic heterocycles. The first-order valence-corrected chi connectivity index (χ1v) is 22.6. The van der Waals surface area contributed by atoms with Gasteiger partial charge >= 0.3 is 0 Å². The summed E-state index contributed by atoms with van der Waals surface area (Å²) >= 11 is 0. The Hall–Kier alpha value is -8.40. The smallest absolute Gasteiger partial charge is 0.160 e. The van der Waals surface area contributed by atoms with Crippen LogP contribution in [0.2, 0.25) is 0 Å².